The topological polar surface area (TPSA) is 20.2 Å². The van der Waals surface area contributed by atoms with Crippen molar-refractivity contribution in [1.82, 2.24) is 0 Å². The van der Waals surface area contributed by atoms with Crippen LogP contribution in [0.25, 0.3) is 0 Å². The summed E-state index contributed by atoms with van der Waals surface area (Å²) in [4.78, 5) is 0. The van der Waals surface area contributed by atoms with E-state index in [1.54, 1.807) is 0 Å². The fourth-order valence-corrected chi connectivity index (χ4v) is 2.07. The summed E-state index contributed by atoms with van der Waals surface area (Å²) in [5.41, 5.74) is -0.304. The van der Waals surface area contributed by atoms with Crippen molar-refractivity contribution in [1.29, 1.82) is 0 Å². The summed E-state index contributed by atoms with van der Waals surface area (Å²) in [5, 5.41) is 10.0. The average molecular weight is 307 g/mol. The fourth-order valence-electron chi connectivity index (χ4n) is 1.64. The zero-order chi connectivity index (χ0) is 14.2. The van der Waals surface area contributed by atoms with Crippen LogP contribution in [0.15, 0.2) is 30.3 Å². The van der Waals surface area contributed by atoms with Gasteiger partial charge in [0.05, 0.1) is 0 Å². The summed E-state index contributed by atoms with van der Waals surface area (Å²) in [6, 6.07) is 5.01. The van der Waals surface area contributed by atoms with Gasteiger partial charge in [0.25, 0.3) is 0 Å². The van der Waals surface area contributed by atoms with Gasteiger partial charge in [-0.2, -0.15) is 0 Å². The van der Waals surface area contributed by atoms with Gasteiger partial charge in [-0.3, -0.25) is 0 Å². The maximum Gasteiger partial charge on any atom is 0.160 e. The van der Waals surface area contributed by atoms with Gasteiger partial charge >= 0.3 is 0 Å². The Bertz CT molecular complexity index is 632. The zero-order valence-corrected chi connectivity index (χ0v) is 10.8. The van der Waals surface area contributed by atoms with Crippen molar-refractivity contribution >= 4 is 23.2 Å². The van der Waals surface area contributed by atoms with Crippen LogP contribution < -0.4 is 0 Å². The molecule has 0 aliphatic rings. The second-order valence-electron chi connectivity index (χ2n) is 3.86. The van der Waals surface area contributed by atoms with Gasteiger partial charge in [0.15, 0.2) is 11.6 Å². The molecule has 0 saturated carbocycles. The molecule has 0 aliphatic heterocycles. The number of halogens is 5. The second kappa shape index (κ2) is 5.41. The van der Waals surface area contributed by atoms with Gasteiger partial charge < -0.3 is 5.11 Å². The first kappa shape index (κ1) is 14.2. The molecule has 2 aromatic carbocycles. The first-order valence-electron chi connectivity index (χ1n) is 5.17. The lowest BCUT2D eigenvalue weighted by Gasteiger charge is -2.14. The smallest absolute Gasteiger partial charge is 0.160 e. The van der Waals surface area contributed by atoms with Crippen molar-refractivity contribution in [2.75, 3.05) is 0 Å². The zero-order valence-electron chi connectivity index (χ0n) is 9.30. The molecule has 6 heteroatoms. The van der Waals surface area contributed by atoms with Gasteiger partial charge in [0.1, 0.15) is 11.9 Å². The maximum atomic E-state index is 13.6. The van der Waals surface area contributed by atoms with Crippen molar-refractivity contribution in [3.8, 4) is 0 Å². The molecule has 0 fully saturated rings. The number of aliphatic hydroxyl groups excluding tert-OH is 1. The van der Waals surface area contributed by atoms with Crippen molar-refractivity contribution in [2.24, 2.45) is 0 Å². The monoisotopic (exact) mass is 306 g/mol. The lowest BCUT2D eigenvalue weighted by molar-refractivity contribution is 0.214. The van der Waals surface area contributed by atoms with E-state index >= 15 is 0 Å². The van der Waals surface area contributed by atoms with E-state index in [2.05, 4.69) is 0 Å². The van der Waals surface area contributed by atoms with E-state index in [1.807, 2.05) is 0 Å². The normalized spacial score (nSPS) is 12.5. The molecule has 2 aromatic rings. The molecule has 0 heterocycles. The molecule has 0 saturated heterocycles. The van der Waals surface area contributed by atoms with E-state index in [0.29, 0.717) is 0 Å². The first-order chi connectivity index (χ1) is 8.90. The van der Waals surface area contributed by atoms with Gasteiger partial charge in [-0.15, -0.1) is 0 Å². The van der Waals surface area contributed by atoms with Crippen LogP contribution in [0.3, 0.4) is 0 Å². The minimum Gasteiger partial charge on any atom is -0.383 e. The number of hydrogen-bond donors (Lipinski definition) is 1. The molecule has 0 amide bonds. The lowest BCUT2D eigenvalue weighted by atomic mass is 10.0. The van der Waals surface area contributed by atoms with Crippen LogP contribution in [-0.2, 0) is 0 Å². The van der Waals surface area contributed by atoms with E-state index in [-0.39, 0.29) is 21.2 Å². The molecule has 2 rings (SSSR count). The summed E-state index contributed by atoms with van der Waals surface area (Å²) in [7, 11) is 0. The Kier molecular flexibility index (Phi) is 4.04. The maximum absolute atomic E-state index is 13.6. The molecule has 1 unspecified atom stereocenters. The van der Waals surface area contributed by atoms with Gasteiger partial charge in [-0.05, 0) is 30.3 Å². The SMILES string of the molecule is OC(c1cc(Cl)ccc1F)c1cc(F)c(F)cc1Cl. The highest BCUT2D eigenvalue weighted by molar-refractivity contribution is 6.31. The molecular weight excluding hydrogens is 300 g/mol. The van der Waals surface area contributed by atoms with Crippen molar-refractivity contribution < 1.29 is 18.3 Å². The Morgan fingerprint density at radius 1 is 0.842 bits per heavy atom. The van der Waals surface area contributed by atoms with E-state index in [0.717, 1.165) is 18.2 Å². The molecule has 0 aromatic heterocycles. The van der Waals surface area contributed by atoms with Crippen LogP contribution in [0.2, 0.25) is 10.0 Å². The third-order valence-corrected chi connectivity index (χ3v) is 3.15. The predicted molar refractivity (Wildman–Crippen MR) is 66.8 cm³/mol. The fraction of sp³-hybridized carbons (Fsp3) is 0.0769. The van der Waals surface area contributed by atoms with Gasteiger partial charge in [0, 0.05) is 21.2 Å². The standard InChI is InChI=1S/C13H7Cl2F3O/c14-6-1-2-10(16)8(3-6)13(19)7-4-11(17)12(18)5-9(7)15/h1-5,13,19H. The Hall–Kier alpha value is -1.23. The third-order valence-electron chi connectivity index (χ3n) is 2.59. The summed E-state index contributed by atoms with van der Waals surface area (Å²) in [6.45, 7) is 0. The highest BCUT2D eigenvalue weighted by Gasteiger charge is 2.20. The summed E-state index contributed by atoms with van der Waals surface area (Å²) >= 11 is 11.4. The van der Waals surface area contributed by atoms with Crippen LogP contribution in [0, 0.1) is 17.5 Å². The summed E-state index contributed by atoms with van der Waals surface area (Å²) in [6.07, 6.45) is -1.54. The van der Waals surface area contributed by atoms with E-state index in [9.17, 15) is 18.3 Å². The Labute approximate surface area is 117 Å². The number of hydrogen-bond acceptors (Lipinski definition) is 1. The number of benzene rings is 2. The minimum atomic E-state index is -1.54. The van der Waals surface area contributed by atoms with Crippen LogP contribution in [0.4, 0.5) is 13.2 Å². The molecule has 0 aliphatic carbocycles. The molecule has 100 valence electrons. The molecule has 19 heavy (non-hydrogen) atoms. The quantitative estimate of drug-likeness (QED) is 0.810. The van der Waals surface area contributed by atoms with Crippen LogP contribution >= 0.6 is 23.2 Å². The Balaban J connectivity index is 2.52. The molecule has 1 N–H and O–H groups in total. The molecule has 0 radical (unpaired) electrons. The largest absolute Gasteiger partial charge is 0.383 e. The summed E-state index contributed by atoms with van der Waals surface area (Å²) < 4.78 is 39.7. The molecular formula is C13H7Cl2F3O. The van der Waals surface area contributed by atoms with Gasteiger partial charge in [-0.25, -0.2) is 13.2 Å². The Morgan fingerprint density at radius 2 is 1.47 bits per heavy atom. The molecule has 1 nitrogen and oxygen atoms in total. The van der Waals surface area contributed by atoms with Gasteiger partial charge in [0.2, 0.25) is 0 Å². The van der Waals surface area contributed by atoms with E-state index < -0.39 is 23.6 Å². The second-order valence-corrected chi connectivity index (χ2v) is 4.70. The van der Waals surface area contributed by atoms with Gasteiger partial charge in [-0.1, -0.05) is 23.2 Å². The van der Waals surface area contributed by atoms with E-state index in [1.165, 1.54) is 12.1 Å². The molecule has 0 bridgehead atoms. The van der Waals surface area contributed by atoms with Crippen LogP contribution in [0.1, 0.15) is 17.2 Å². The highest BCUT2D eigenvalue weighted by Crippen LogP contribution is 2.32. The highest BCUT2D eigenvalue weighted by atomic mass is 35.5. The molecule has 0 spiro atoms. The number of rotatable bonds is 2. The van der Waals surface area contributed by atoms with E-state index in [4.69, 9.17) is 23.2 Å². The first-order valence-corrected chi connectivity index (χ1v) is 5.93. The van der Waals surface area contributed by atoms with Crippen LogP contribution in [-0.4, -0.2) is 5.11 Å². The Morgan fingerprint density at radius 3 is 2.16 bits per heavy atom. The summed E-state index contributed by atoms with van der Waals surface area (Å²) in [5.74, 6) is -3.05. The van der Waals surface area contributed by atoms with Crippen molar-refractivity contribution in [2.45, 2.75) is 6.10 Å². The third kappa shape index (κ3) is 2.86. The minimum absolute atomic E-state index is 0.137. The average Bonchev–Trinajstić information content (AvgIpc) is 2.36. The van der Waals surface area contributed by atoms with Crippen molar-refractivity contribution in [3.63, 3.8) is 0 Å². The molecule has 1 atom stereocenters. The lowest BCUT2D eigenvalue weighted by Crippen LogP contribution is -2.05. The van der Waals surface area contributed by atoms with Crippen molar-refractivity contribution in [3.05, 3.63) is 69.0 Å². The van der Waals surface area contributed by atoms with Crippen LogP contribution in [0.5, 0.6) is 0 Å². The number of aliphatic hydroxyl groups is 1. The predicted octanol–water partition coefficient (Wildman–Crippen LogP) is 4.49.